The molecule has 0 bridgehead atoms. The molecule has 1 aliphatic rings. The summed E-state index contributed by atoms with van der Waals surface area (Å²) in [5.41, 5.74) is 2.98. The number of aromatic nitrogens is 5. The molecular formula is C26H27ClN8O3. The molecule has 4 heterocycles. The maximum absolute atomic E-state index is 6.53. The van der Waals surface area contributed by atoms with Gasteiger partial charge in [0.15, 0.2) is 0 Å². The Morgan fingerprint density at radius 1 is 0.921 bits per heavy atom. The van der Waals surface area contributed by atoms with E-state index in [0.717, 1.165) is 38.4 Å². The third-order valence-corrected chi connectivity index (χ3v) is 6.36. The Kier molecular flexibility index (Phi) is 8.07. The van der Waals surface area contributed by atoms with Crippen molar-refractivity contribution in [3.63, 3.8) is 0 Å². The largest absolute Gasteiger partial charge is 0.497 e. The van der Waals surface area contributed by atoms with Gasteiger partial charge in [0, 0.05) is 50.2 Å². The van der Waals surface area contributed by atoms with Gasteiger partial charge in [-0.1, -0.05) is 17.7 Å². The van der Waals surface area contributed by atoms with Gasteiger partial charge in [0.1, 0.15) is 46.6 Å². The number of hydrogen-bond donors (Lipinski definition) is 2. The van der Waals surface area contributed by atoms with Crippen molar-refractivity contribution in [2.45, 2.75) is 6.54 Å². The Bertz CT molecular complexity index is 1380. The number of anilines is 4. The van der Waals surface area contributed by atoms with E-state index in [0.29, 0.717) is 50.9 Å². The number of nitrogens with one attached hydrogen (secondary N) is 2. The van der Waals surface area contributed by atoms with Crippen molar-refractivity contribution in [2.75, 3.05) is 51.2 Å². The molecule has 0 unspecified atom stereocenters. The highest BCUT2D eigenvalue weighted by Gasteiger charge is 2.16. The van der Waals surface area contributed by atoms with Crippen LogP contribution in [-0.2, 0) is 11.3 Å². The van der Waals surface area contributed by atoms with Crippen LogP contribution in [0.4, 0.5) is 23.1 Å². The van der Waals surface area contributed by atoms with Crippen molar-refractivity contribution >= 4 is 34.7 Å². The van der Waals surface area contributed by atoms with Crippen LogP contribution in [0.2, 0.25) is 5.02 Å². The predicted molar refractivity (Wildman–Crippen MR) is 145 cm³/mol. The number of halogens is 1. The lowest BCUT2D eigenvalue weighted by molar-refractivity contribution is 0.0341. The zero-order chi connectivity index (χ0) is 26.3. The summed E-state index contributed by atoms with van der Waals surface area (Å²) in [6, 6.07) is 9.28. The van der Waals surface area contributed by atoms with Gasteiger partial charge in [-0.25, -0.2) is 24.9 Å². The molecule has 4 aromatic rings. The van der Waals surface area contributed by atoms with Gasteiger partial charge in [-0.2, -0.15) is 0 Å². The standard InChI is InChI=1S/C26H27ClN8O3/c1-36-18-9-21(25(27)22(10-18)37-2)33-26-19(13-28-15-32-26)20-11-24(31-16-30-20)34-23-4-3-17(12-29-23)14-35-5-7-38-8-6-35/h3-4,9-13,15-16H,5-8,14H2,1-2H3,(H,28,32,33)(H,29,30,31,34). The Morgan fingerprint density at radius 2 is 1.79 bits per heavy atom. The molecule has 0 amide bonds. The van der Waals surface area contributed by atoms with Crippen LogP contribution in [0.15, 0.2) is 55.4 Å². The van der Waals surface area contributed by atoms with Crippen LogP contribution in [0.5, 0.6) is 11.5 Å². The van der Waals surface area contributed by atoms with Gasteiger partial charge in [0.05, 0.1) is 44.4 Å². The number of pyridine rings is 1. The molecule has 1 fully saturated rings. The van der Waals surface area contributed by atoms with Gasteiger partial charge in [-0.15, -0.1) is 0 Å². The zero-order valence-corrected chi connectivity index (χ0v) is 21.8. The van der Waals surface area contributed by atoms with Gasteiger partial charge in [0.2, 0.25) is 0 Å². The minimum atomic E-state index is 0.394. The van der Waals surface area contributed by atoms with Crippen LogP contribution in [0.1, 0.15) is 5.56 Å². The smallest absolute Gasteiger partial charge is 0.143 e. The van der Waals surface area contributed by atoms with Crippen LogP contribution in [0.3, 0.4) is 0 Å². The van der Waals surface area contributed by atoms with Crippen molar-refractivity contribution < 1.29 is 14.2 Å². The molecule has 1 aliphatic heterocycles. The van der Waals surface area contributed by atoms with Gasteiger partial charge < -0.3 is 24.8 Å². The number of hydrogen-bond acceptors (Lipinski definition) is 11. The Morgan fingerprint density at radius 3 is 2.55 bits per heavy atom. The van der Waals surface area contributed by atoms with Gasteiger partial charge >= 0.3 is 0 Å². The minimum Gasteiger partial charge on any atom is -0.497 e. The first-order valence-corrected chi connectivity index (χ1v) is 12.3. The molecule has 196 valence electrons. The fraction of sp³-hybridized carbons (Fsp3) is 0.269. The monoisotopic (exact) mass is 534 g/mol. The second kappa shape index (κ2) is 12.0. The van der Waals surface area contributed by atoms with Crippen molar-refractivity contribution in [2.24, 2.45) is 0 Å². The molecule has 38 heavy (non-hydrogen) atoms. The molecule has 5 rings (SSSR count). The summed E-state index contributed by atoms with van der Waals surface area (Å²) in [4.78, 5) is 24.3. The summed E-state index contributed by atoms with van der Waals surface area (Å²) in [7, 11) is 3.12. The molecule has 0 aliphatic carbocycles. The van der Waals surface area contributed by atoms with Crippen molar-refractivity contribution in [1.82, 2.24) is 29.8 Å². The summed E-state index contributed by atoms with van der Waals surface area (Å²) >= 11 is 6.53. The number of morpholine rings is 1. The molecule has 3 aromatic heterocycles. The first-order valence-electron chi connectivity index (χ1n) is 12.0. The lowest BCUT2D eigenvalue weighted by Gasteiger charge is -2.26. The van der Waals surface area contributed by atoms with Gasteiger partial charge in [-0.3, -0.25) is 4.90 Å². The van der Waals surface area contributed by atoms with E-state index >= 15 is 0 Å². The van der Waals surface area contributed by atoms with Crippen LogP contribution in [0.25, 0.3) is 11.3 Å². The molecular weight excluding hydrogens is 508 g/mol. The highest BCUT2D eigenvalue weighted by Crippen LogP contribution is 2.39. The minimum absolute atomic E-state index is 0.394. The van der Waals surface area contributed by atoms with E-state index < -0.39 is 0 Å². The molecule has 0 atom stereocenters. The molecule has 1 aromatic carbocycles. The number of rotatable bonds is 9. The third kappa shape index (κ3) is 6.08. The Hall–Kier alpha value is -4.06. The van der Waals surface area contributed by atoms with Crippen LogP contribution >= 0.6 is 11.6 Å². The fourth-order valence-corrected chi connectivity index (χ4v) is 4.22. The summed E-state index contributed by atoms with van der Waals surface area (Å²) in [6.07, 6.45) is 6.47. The summed E-state index contributed by atoms with van der Waals surface area (Å²) < 4.78 is 16.2. The molecule has 11 nitrogen and oxygen atoms in total. The van der Waals surface area contributed by atoms with E-state index in [1.165, 1.54) is 12.7 Å². The molecule has 0 radical (unpaired) electrons. The lowest BCUT2D eigenvalue weighted by Crippen LogP contribution is -2.35. The van der Waals surface area contributed by atoms with Crippen molar-refractivity contribution in [3.8, 4) is 22.8 Å². The predicted octanol–water partition coefficient (Wildman–Crippen LogP) is 4.32. The maximum atomic E-state index is 6.53. The second-order valence-corrected chi connectivity index (χ2v) is 8.83. The fourth-order valence-electron chi connectivity index (χ4n) is 3.99. The molecule has 0 spiro atoms. The Balaban J connectivity index is 1.34. The highest BCUT2D eigenvalue weighted by atomic mass is 35.5. The summed E-state index contributed by atoms with van der Waals surface area (Å²) in [5, 5.41) is 6.89. The normalized spacial score (nSPS) is 13.7. The topological polar surface area (TPSA) is 119 Å². The van der Waals surface area contributed by atoms with Crippen LogP contribution in [-0.4, -0.2) is 70.3 Å². The third-order valence-electron chi connectivity index (χ3n) is 5.97. The summed E-state index contributed by atoms with van der Waals surface area (Å²) in [5.74, 6) is 2.83. The van der Waals surface area contributed by atoms with E-state index in [-0.39, 0.29) is 0 Å². The number of methoxy groups -OCH3 is 2. The van der Waals surface area contributed by atoms with E-state index in [2.05, 4.69) is 46.5 Å². The van der Waals surface area contributed by atoms with E-state index in [1.54, 1.807) is 38.6 Å². The molecule has 12 heteroatoms. The van der Waals surface area contributed by atoms with Gasteiger partial charge in [0.25, 0.3) is 0 Å². The number of benzene rings is 1. The molecule has 0 saturated carbocycles. The van der Waals surface area contributed by atoms with Gasteiger partial charge in [-0.05, 0) is 11.6 Å². The lowest BCUT2D eigenvalue weighted by atomic mass is 10.2. The van der Waals surface area contributed by atoms with Crippen molar-refractivity contribution in [1.29, 1.82) is 0 Å². The van der Waals surface area contributed by atoms with Crippen LogP contribution < -0.4 is 20.1 Å². The second-order valence-electron chi connectivity index (χ2n) is 8.45. The highest BCUT2D eigenvalue weighted by molar-refractivity contribution is 6.35. The SMILES string of the molecule is COc1cc(Nc2ncncc2-c2cc(Nc3ccc(CN4CCOCC4)cn3)ncn2)c(Cl)c(OC)c1. The maximum Gasteiger partial charge on any atom is 0.143 e. The van der Waals surface area contributed by atoms with Crippen molar-refractivity contribution in [3.05, 3.63) is 66.0 Å². The number of nitrogens with zero attached hydrogens (tertiary/aromatic N) is 6. The Labute approximate surface area is 225 Å². The first-order chi connectivity index (χ1) is 18.6. The summed E-state index contributed by atoms with van der Waals surface area (Å²) in [6.45, 7) is 4.26. The quantitative estimate of drug-likeness (QED) is 0.319. The van der Waals surface area contributed by atoms with Crippen LogP contribution in [0, 0.1) is 0 Å². The van der Waals surface area contributed by atoms with E-state index in [9.17, 15) is 0 Å². The van der Waals surface area contributed by atoms with E-state index in [1.807, 2.05) is 12.3 Å². The first kappa shape index (κ1) is 25.6. The molecule has 1 saturated heterocycles. The van der Waals surface area contributed by atoms with E-state index in [4.69, 9.17) is 25.8 Å². The average Bonchev–Trinajstić information content (AvgIpc) is 2.96. The molecule has 2 N–H and O–H groups in total. The average molecular weight is 535 g/mol. The zero-order valence-electron chi connectivity index (χ0n) is 21.0. The number of ether oxygens (including phenoxy) is 3.